The average Bonchev–Trinajstić information content (AvgIpc) is 3.18. The number of aliphatic carboxylic acids is 1. The minimum absolute atomic E-state index is 0.0187. The van der Waals surface area contributed by atoms with Crippen LogP contribution >= 0.6 is 0 Å². The molecule has 1 aliphatic heterocycles. The maximum atomic E-state index is 14.1. The Morgan fingerprint density at radius 2 is 1.48 bits per heavy atom. The summed E-state index contributed by atoms with van der Waals surface area (Å²) in [6.45, 7) is 19.6. The molecule has 1 spiro atoms. The van der Waals surface area contributed by atoms with Crippen LogP contribution in [0.4, 0.5) is 0 Å². The van der Waals surface area contributed by atoms with E-state index in [2.05, 4.69) is 34.6 Å². The van der Waals surface area contributed by atoms with Gasteiger partial charge in [-0.15, -0.1) is 0 Å². The summed E-state index contributed by atoms with van der Waals surface area (Å²) < 4.78 is 6.18. The molecule has 0 aromatic heterocycles. The summed E-state index contributed by atoms with van der Waals surface area (Å²) in [4.78, 5) is 53.3. The van der Waals surface area contributed by atoms with E-state index in [0.29, 0.717) is 18.8 Å². The molecule has 0 unspecified atom stereocenters. The third-order valence-corrected chi connectivity index (χ3v) is 14.9. The van der Waals surface area contributed by atoms with Crippen LogP contribution in [0.3, 0.4) is 0 Å². The van der Waals surface area contributed by atoms with Gasteiger partial charge in [0.2, 0.25) is 0 Å². The molecule has 8 atom stereocenters. The minimum Gasteiger partial charge on any atom is -0.481 e. The van der Waals surface area contributed by atoms with E-state index in [1.807, 2.05) is 27.7 Å². The molecule has 1 N–H and O–H groups in total. The summed E-state index contributed by atoms with van der Waals surface area (Å²) in [5, 5.41) is 10.6. The first-order valence-electron chi connectivity index (χ1n) is 16.5. The SMILES string of the molecule is CC(C)C1=C2[C@H]3CC[C@@H]4[C@@]5(C)CC[C@]6(OC(=O)CC(C)(C)C6=O)C(C)(C)[C@@H]5CC[C@@]4(C)[C@]3(C)CC[C@@]2(C(=O)O)CC1=O. The fraction of sp³-hybridized carbons (Fsp3) is 0.833. The van der Waals surface area contributed by atoms with E-state index < -0.39 is 27.8 Å². The van der Waals surface area contributed by atoms with E-state index in [-0.39, 0.29) is 64.4 Å². The number of hydrogen-bond acceptors (Lipinski definition) is 5. The van der Waals surface area contributed by atoms with Crippen LogP contribution in [0.25, 0.3) is 0 Å². The molecular weight excluding hydrogens is 528 g/mol. The number of Topliss-reactive ketones (excluding diaryl/α,β-unsaturated/α-hetero) is 2. The number of allylic oxidation sites excluding steroid dienone is 1. The van der Waals surface area contributed by atoms with Crippen LogP contribution in [0.15, 0.2) is 11.1 Å². The Balaban J connectivity index is 1.42. The number of carboxylic acid groups (broad SMARTS) is 1. The fourth-order valence-corrected chi connectivity index (χ4v) is 12.7. The standard InChI is InChI=1S/C36H52O6/c1-20(2)26-22(37)18-35(29(40)41)16-15-33(8)21(27(26)35)10-11-24-32(7)14-17-36(28(39)30(3,4)19-25(38)42-36)31(5,6)23(32)12-13-34(24,33)9/h20-21,23-24H,10-19H2,1-9H3,(H,40,41)/t21-,23+,24-,32+,33-,34-,35-,36-/m1/s1. The van der Waals surface area contributed by atoms with Crippen LogP contribution in [0.1, 0.15) is 127 Å². The summed E-state index contributed by atoms with van der Waals surface area (Å²) >= 11 is 0. The van der Waals surface area contributed by atoms with Gasteiger partial charge in [0.15, 0.2) is 17.2 Å². The van der Waals surface area contributed by atoms with Crippen LogP contribution in [-0.2, 0) is 23.9 Å². The molecule has 6 heteroatoms. The molecule has 0 aromatic rings. The molecule has 1 heterocycles. The van der Waals surface area contributed by atoms with Gasteiger partial charge in [-0.3, -0.25) is 19.2 Å². The highest BCUT2D eigenvalue weighted by atomic mass is 16.6. The normalized spacial score (nSPS) is 47.5. The third-order valence-electron chi connectivity index (χ3n) is 14.9. The van der Waals surface area contributed by atoms with Crippen molar-refractivity contribution in [3.63, 3.8) is 0 Å². The largest absolute Gasteiger partial charge is 0.481 e. The summed E-state index contributed by atoms with van der Waals surface area (Å²) in [7, 11) is 0. The quantitative estimate of drug-likeness (QED) is 0.343. The highest BCUT2D eigenvalue weighted by Gasteiger charge is 2.74. The van der Waals surface area contributed by atoms with Crippen molar-refractivity contribution >= 4 is 23.5 Å². The van der Waals surface area contributed by atoms with Crippen LogP contribution in [0.2, 0.25) is 0 Å². The van der Waals surface area contributed by atoms with Gasteiger partial charge in [0, 0.05) is 17.3 Å². The molecule has 0 radical (unpaired) electrons. The highest BCUT2D eigenvalue weighted by molar-refractivity contribution is 6.05. The van der Waals surface area contributed by atoms with E-state index in [4.69, 9.17) is 4.74 Å². The van der Waals surface area contributed by atoms with Gasteiger partial charge >= 0.3 is 11.9 Å². The van der Waals surface area contributed by atoms with Crippen molar-refractivity contribution < 1.29 is 29.0 Å². The van der Waals surface area contributed by atoms with E-state index >= 15 is 0 Å². The second kappa shape index (κ2) is 8.59. The van der Waals surface area contributed by atoms with E-state index in [9.17, 15) is 24.3 Å². The van der Waals surface area contributed by atoms with Crippen molar-refractivity contribution in [3.8, 4) is 0 Å². The molecule has 6 rings (SSSR count). The zero-order valence-electron chi connectivity index (χ0n) is 27.4. The van der Waals surface area contributed by atoms with Crippen molar-refractivity contribution in [3.05, 3.63) is 11.1 Å². The molecule has 4 saturated carbocycles. The number of esters is 1. The third kappa shape index (κ3) is 3.28. The van der Waals surface area contributed by atoms with Crippen LogP contribution < -0.4 is 0 Å². The molecule has 5 fully saturated rings. The molecular formula is C36H52O6. The number of fused-ring (bicyclic) bond motifs is 7. The second-order valence-corrected chi connectivity index (χ2v) is 17.5. The lowest BCUT2D eigenvalue weighted by molar-refractivity contribution is -0.260. The zero-order chi connectivity index (χ0) is 31.1. The predicted octanol–water partition coefficient (Wildman–Crippen LogP) is 7.33. The average molecular weight is 581 g/mol. The molecule has 0 amide bonds. The number of ketones is 2. The second-order valence-electron chi connectivity index (χ2n) is 17.5. The number of hydrogen-bond donors (Lipinski definition) is 1. The fourth-order valence-electron chi connectivity index (χ4n) is 12.7. The number of carbonyl (C=O) groups is 4. The lowest BCUT2D eigenvalue weighted by atomic mass is 9.32. The Hall–Kier alpha value is -1.98. The van der Waals surface area contributed by atoms with Crippen molar-refractivity contribution in [1.29, 1.82) is 0 Å². The van der Waals surface area contributed by atoms with Crippen molar-refractivity contribution in [1.82, 2.24) is 0 Å². The first kappa shape index (κ1) is 30.1. The Morgan fingerprint density at radius 1 is 0.810 bits per heavy atom. The first-order chi connectivity index (χ1) is 19.3. The summed E-state index contributed by atoms with van der Waals surface area (Å²) in [6, 6.07) is 0. The van der Waals surface area contributed by atoms with Crippen LogP contribution in [0.5, 0.6) is 0 Å². The number of carboxylic acids is 1. The number of rotatable bonds is 2. The van der Waals surface area contributed by atoms with E-state index in [0.717, 1.165) is 49.7 Å². The van der Waals surface area contributed by atoms with Crippen LogP contribution in [0, 0.1) is 56.2 Å². The molecule has 0 bridgehead atoms. The Morgan fingerprint density at radius 3 is 2.10 bits per heavy atom. The maximum absolute atomic E-state index is 14.1. The topological polar surface area (TPSA) is 97.7 Å². The molecule has 5 aliphatic carbocycles. The monoisotopic (exact) mass is 580 g/mol. The van der Waals surface area contributed by atoms with E-state index in [1.54, 1.807) is 0 Å². The van der Waals surface area contributed by atoms with Crippen molar-refractivity contribution in [2.75, 3.05) is 0 Å². The smallest absolute Gasteiger partial charge is 0.314 e. The Bertz CT molecular complexity index is 1320. The Kier molecular flexibility index (Phi) is 6.15. The molecule has 6 aliphatic rings. The van der Waals surface area contributed by atoms with Crippen LogP contribution in [-0.4, -0.2) is 34.2 Å². The lowest BCUT2D eigenvalue weighted by Crippen LogP contribution is -2.72. The van der Waals surface area contributed by atoms with Gasteiger partial charge in [0.05, 0.1) is 11.8 Å². The van der Waals surface area contributed by atoms with Gasteiger partial charge in [-0.1, -0.05) is 62.3 Å². The van der Waals surface area contributed by atoms with Gasteiger partial charge in [0.1, 0.15) is 0 Å². The predicted molar refractivity (Wildman–Crippen MR) is 159 cm³/mol. The summed E-state index contributed by atoms with van der Waals surface area (Å²) in [6.07, 6.45) is 6.85. The molecule has 42 heavy (non-hydrogen) atoms. The van der Waals surface area contributed by atoms with Gasteiger partial charge in [-0.2, -0.15) is 0 Å². The number of ether oxygens (including phenoxy) is 1. The lowest BCUT2D eigenvalue weighted by Gasteiger charge is -2.73. The summed E-state index contributed by atoms with van der Waals surface area (Å²) in [5.41, 5.74) is -1.76. The zero-order valence-corrected chi connectivity index (χ0v) is 27.4. The summed E-state index contributed by atoms with van der Waals surface area (Å²) in [5.74, 6) is -0.202. The van der Waals surface area contributed by atoms with Gasteiger partial charge < -0.3 is 9.84 Å². The highest BCUT2D eigenvalue weighted by Crippen LogP contribution is 2.77. The van der Waals surface area contributed by atoms with Crippen molar-refractivity contribution in [2.24, 2.45) is 56.2 Å². The minimum atomic E-state index is -1.09. The molecule has 0 aromatic carbocycles. The molecule has 232 valence electrons. The Labute approximate surface area is 251 Å². The maximum Gasteiger partial charge on any atom is 0.314 e. The van der Waals surface area contributed by atoms with E-state index in [1.165, 1.54) is 0 Å². The molecule has 1 saturated heterocycles. The number of carbonyl (C=O) groups excluding carboxylic acids is 3. The molecule has 6 nitrogen and oxygen atoms in total. The van der Waals surface area contributed by atoms with Gasteiger partial charge in [0.25, 0.3) is 0 Å². The van der Waals surface area contributed by atoms with Gasteiger partial charge in [-0.25, -0.2) is 0 Å². The first-order valence-corrected chi connectivity index (χ1v) is 16.5. The van der Waals surface area contributed by atoms with Gasteiger partial charge in [-0.05, 0) is 102 Å². The van der Waals surface area contributed by atoms with Crippen molar-refractivity contribution in [2.45, 2.75) is 132 Å².